The first-order valence-corrected chi connectivity index (χ1v) is 6.50. The van der Waals surface area contributed by atoms with Crippen molar-refractivity contribution in [3.05, 3.63) is 17.0 Å². The van der Waals surface area contributed by atoms with Crippen LogP contribution in [0.15, 0.2) is 17.0 Å². The Kier molecular flexibility index (Phi) is 4.12. The maximum Gasteiger partial charge on any atom is 0.143 e. The number of nitrogens with zero attached hydrogens (tertiary/aromatic N) is 2. The topological polar surface area (TPSA) is 63.8 Å². The Morgan fingerprint density at radius 2 is 2.25 bits per heavy atom. The van der Waals surface area contributed by atoms with Gasteiger partial charge in [-0.15, -0.1) is 0 Å². The molecule has 0 saturated heterocycles. The summed E-state index contributed by atoms with van der Waals surface area (Å²) in [6.07, 6.45) is 7.16. The minimum Gasteiger partial charge on any atom is -0.369 e. The van der Waals surface area contributed by atoms with Gasteiger partial charge in [-0.3, -0.25) is 0 Å². The van der Waals surface area contributed by atoms with Gasteiger partial charge in [-0.1, -0.05) is 6.42 Å². The SMILES string of the molecule is NCC1CCCC1CNc1ncncc1Br. The largest absolute Gasteiger partial charge is 0.369 e. The Hall–Kier alpha value is -0.680. The second-order valence-corrected chi connectivity index (χ2v) is 5.14. The second-order valence-electron chi connectivity index (χ2n) is 4.29. The highest BCUT2D eigenvalue weighted by Crippen LogP contribution is 2.31. The first-order valence-electron chi connectivity index (χ1n) is 5.70. The van der Waals surface area contributed by atoms with Crippen LogP contribution in [0.1, 0.15) is 19.3 Å². The Morgan fingerprint density at radius 3 is 3.00 bits per heavy atom. The molecule has 1 fully saturated rings. The molecular formula is C11H17BrN4. The molecule has 1 aromatic heterocycles. The predicted octanol–water partition coefficient (Wildman–Crippen LogP) is 2.03. The fourth-order valence-corrected chi connectivity index (χ4v) is 2.72. The molecule has 2 rings (SSSR count). The zero-order valence-corrected chi connectivity index (χ0v) is 10.8. The Bertz CT molecular complexity index is 345. The van der Waals surface area contributed by atoms with E-state index >= 15 is 0 Å². The van der Waals surface area contributed by atoms with E-state index < -0.39 is 0 Å². The number of hydrogen-bond donors (Lipinski definition) is 2. The van der Waals surface area contributed by atoms with E-state index in [1.165, 1.54) is 19.3 Å². The Balaban J connectivity index is 1.90. The van der Waals surface area contributed by atoms with Crippen LogP contribution in [0, 0.1) is 11.8 Å². The van der Waals surface area contributed by atoms with Crippen molar-refractivity contribution in [2.24, 2.45) is 17.6 Å². The smallest absolute Gasteiger partial charge is 0.143 e. The van der Waals surface area contributed by atoms with Crippen molar-refractivity contribution in [3.63, 3.8) is 0 Å². The highest BCUT2D eigenvalue weighted by atomic mass is 79.9. The molecule has 2 unspecified atom stereocenters. The molecule has 0 spiro atoms. The minimum absolute atomic E-state index is 0.674. The molecule has 4 nitrogen and oxygen atoms in total. The van der Waals surface area contributed by atoms with Crippen LogP contribution < -0.4 is 11.1 Å². The van der Waals surface area contributed by atoms with Crippen molar-refractivity contribution < 1.29 is 0 Å². The van der Waals surface area contributed by atoms with Gasteiger partial charge in [0.15, 0.2) is 0 Å². The number of aromatic nitrogens is 2. The number of nitrogens with two attached hydrogens (primary N) is 1. The summed E-state index contributed by atoms with van der Waals surface area (Å²) >= 11 is 3.43. The van der Waals surface area contributed by atoms with Crippen molar-refractivity contribution in [1.29, 1.82) is 0 Å². The maximum absolute atomic E-state index is 5.76. The summed E-state index contributed by atoms with van der Waals surface area (Å²) in [5, 5.41) is 3.37. The standard InChI is InChI=1S/C11H17BrN4/c12-10-6-14-7-16-11(10)15-5-9-3-1-2-8(9)4-13/h6-9H,1-5,13H2,(H,14,15,16). The first-order chi connectivity index (χ1) is 7.81. The van der Waals surface area contributed by atoms with Gasteiger partial charge in [-0.25, -0.2) is 9.97 Å². The van der Waals surface area contributed by atoms with Crippen molar-refractivity contribution in [2.45, 2.75) is 19.3 Å². The van der Waals surface area contributed by atoms with Gasteiger partial charge in [0.1, 0.15) is 12.1 Å². The number of hydrogen-bond acceptors (Lipinski definition) is 4. The van der Waals surface area contributed by atoms with Crippen LogP contribution in [0.2, 0.25) is 0 Å². The van der Waals surface area contributed by atoms with E-state index in [1.54, 1.807) is 12.5 Å². The molecule has 16 heavy (non-hydrogen) atoms. The van der Waals surface area contributed by atoms with Gasteiger partial charge >= 0.3 is 0 Å². The number of anilines is 1. The quantitative estimate of drug-likeness (QED) is 0.888. The summed E-state index contributed by atoms with van der Waals surface area (Å²) in [4.78, 5) is 8.13. The van der Waals surface area contributed by atoms with Crippen LogP contribution in [0.5, 0.6) is 0 Å². The highest BCUT2D eigenvalue weighted by Gasteiger charge is 2.25. The predicted molar refractivity (Wildman–Crippen MR) is 68.1 cm³/mol. The van der Waals surface area contributed by atoms with E-state index in [-0.39, 0.29) is 0 Å². The molecule has 1 heterocycles. The summed E-state index contributed by atoms with van der Waals surface area (Å²) in [6, 6.07) is 0. The summed E-state index contributed by atoms with van der Waals surface area (Å²) in [5.74, 6) is 2.23. The summed E-state index contributed by atoms with van der Waals surface area (Å²) < 4.78 is 0.914. The van der Waals surface area contributed by atoms with Crippen LogP contribution in [0.4, 0.5) is 5.82 Å². The maximum atomic E-state index is 5.76. The van der Waals surface area contributed by atoms with Gasteiger partial charge in [-0.05, 0) is 47.2 Å². The van der Waals surface area contributed by atoms with Crippen LogP contribution in [-0.4, -0.2) is 23.1 Å². The molecule has 1 aliphatic rings. The molecule has 0 aliphatic heterocycles. The van der Waals surface area contributed by atoms with Gasteiger partial charge in [-0.2, -0.15) is 0 Å². The fraction of sp³-hybridized carbons (Fsp3) is 0.636. The van der Waals surface area contributed by atoms with E-state index in [2.05, 4.69) is 31.2 Å². The van der Waals surface area contributed by atoms with Gasteiger partial charge in [0, 0.05) is 12.7 Å². The van der Waals surface area contributed by atoms with Crippen molar-refractivity contribution >= 4 is 21.7 Å². The molecular weight excluding hydrogens is 268 g/mol. The molecule has 1 aromatic rings. The Labute approximate surface area is 104 Å². The van der Waals surface area contributed by atoms with Gasteiger partial charge in [0.2, 0.25) is 0 Å². The summed E-state index contributed by atoms with van der Waals surface area (Å²) in [6.45, 7) is 1.76. The fourth-order valence-electron chi connectivity index (χ4n) is 2.36. The van der Waals surface area contributed by atoms with Crippen LogP contribution in [0.25, 0.3) is 0 Å². The molecule has 2 atom stereocenters. The molecule has 3 N–H and O–H groups in total. The van der Waals surface area contributed by atoms with Gasteiger partial charge < -0.3 is 11.1 Å². The lowest BCUT2D eigenvalue weighted by atomic mass is 9.96. The van der Waals surface area contributed by atoms with Crippen molar-refractivity contribution in [1.82, 2.24) is 9.97 Å². The molecule has 88 valence electrons. The van der Waals surface area contributed by atoms with Crippen LogP contribution in [0.3, 0.4) is 0 Å². The zero-order chi connectivity index (χ0) is 11.4. The van der Waals surface area contributed by atoms with E-state index in [9.17, 15) is 0 Å². The lowest BCUT2D eigenvalue weighted by Gasteiger charge is -2.18. The molecule has 0 radical (unpaired) electrons. The van der Waals surface area contributed by atoms with Crippen molar-refractivity contribution in [2.75, 3.05) is 18.4 Å². The second kappa shape index (κ2) is 5.59. The average Bonchev–Trinajstić information content (AvgIpc) is 2.75. The average molecular weight is 285 g/mol. The normalized spacial score (nSPS) is 24.6. The Morgan fingerprint density at radius 1 is 1.44 bits per heavy atom. The van der Waals surface area contributed by atoms with E-state index in [0.29, 0.717) is 11.8 Å². The highest BCUT2D eigenvalue weighted by molar-refractivity contribution is 9.10. The summed E-state index contributed by atoms with van der Waals surface area (Å²) in [7, 11) is 0. The molecule has 0 amide bonds. The first kappa shape index (κ1) is 11.8. The van der Waals surface area contributed by atoms with Crippen LogP contribution in [-0.2, 0) is 0 Å². The molecule has 0 bridgehead atoms. The van der Waals surface area contributed by atoms with Gasteiger partial charge in [0.05, 0.1) is 4.47 Å². The summed E-state index contributed by atoms with van der Waals surface area (Å²) in [5.41, 5.74) is 5.76. The zero-order valence-electron chi connectivity index (χ0n) is 9.19. The lowest BCUT2D eigenvalue weighted by molar-refractivity contribution is 0.414. The van der Waals surface area contributed by atoms with Crippen molar-refractivity contribution in [3.8, 4) is 0 Å². The van der Waals surface area contributed by atoms with Gasteiger partial charge in [0.25, 0.3) is 0 Å². The molecule has 5 heteroatoms. The number of rotatable bonds is 4. The monoisotopic (exact) mass is 284 g/mol. The van der Waals surface area contributed by atoms with Crippen LogP contribution >= 0.6 is 15.9 Å². The molecule has 0 aromatic carbocycles. The number of halogens is 1. The minimum atomic E-state index is 0.674. The van der Waals surface area contributed by atoms with E-state index in [1.807, 2.05) is 0 Å². The third-order valence-corrected chi connectivity index (χ3v) is 3.90. The number of nitrogens with one attached hydrogen (secondary N) is 1. The van der Waals surface area contributed by atoms with E-state index in [0.717, 1.165) is 23.4 Å². The third-order valence-electron chi connectivity index (χ3n) is 3.32. The molecule has 1 saturated carbocycles. The van der Waals surface area contributed by atoms with E-state index in [4.69, 9.17) is 5.73 Å². The lowest BCUT2D eigenvalue weighted by Crippen LogP contribution is -2.24. The third kappa shape index (κ3) is 2.71. The molecule has 1 aliphatic carbocycles.